The number of rotatable bonds is 3. The molecule has 2 aliphatic carbocycles. The van der Waals surface area contributed by atoms with Crippen LogP contribution in [0.5, 0.6) is 0 Å². The summed E-state index contributed by atoms with van der Waals surface area (Å²) in [5, 5.41) is 1.96. The number of carbonyl (C=O) groups is 2. The lowest BCUT2D eigenvalue weighted by Crippen LogP contribution is -2.33. The van der Waals surface area contributed by atoms with Crippen LogP contribution in [0.3, 0.4) is 0 Å². The van der Waals surface area contributed by atoms with Crippen LogP contribution in [0.15, 0.2) is 121 Å². The van der Waals surface area contributed by atoms with Crippen molar-refractivity contribution < 1.29 is 9.59 Å². The van der Waals surface area contributed by atoms with Gasteiger partial charge in [0.05, 0.1) is 17.5 Å². The van der Waals surface area contributed by atoms with Gasteiger partial charge >= 0.3 is 0 Å². The molecule has 3 heteroatoms. The first kappa shape index (κ1) is 20.2. The molecule has 2 bridgehead atoms. The minimum absolute atomic E-state index is 0.0724. The fraction of sp³-hybridized carbons (Fsp3) is 0.125. The van der Waals surface area contributed by atoms with Crippen molar-refractivity contribution in [3.05, 3.63) is 132 Å². The maximum Gasteiger partial charge on any atom is 0.238 e. The number of anilines is 1. The highest BCUT2D eigenvalue weighted by Gasteiger charge is 2.62. The fourth-order valence-corrected chi connectivity index (χ4v) is 6.45. The molecule has 4 aromatic rings. The summed E-state index contributed by atoms with van der Waals surface area (Å²) in [6.07, 6.45) is 4.32. The predicted octanol–water partition coefficient (Wildman–Crippen LogP) is 6.26. The van der Waals surface area contributed by atoms with E-state index in [-0.39, 0.29) is 35.5 Å². The number of allylic oxidation sites excluding steroid dienone is 3. The second-order valence-electron chi connectivity index (χ2n) is 9.56. The Morgan fingerprint density at radius 2 is 1.09 bits per heavy atom. The molecule has 0 radical (unpaired) electrons. The van der Waals surface area contributed by atoms with Gasteiger partial charge in [-0.2, -0.15) is 0 Å². The van der Waals surface area contributed by atoms with Crippen molar-refractivity contribution in [3.63, 3.8) is 0 Å². The Labute approximate surface area is 204 Å². The van der Waals surface area contributed by atoms with Crippen LogP contribution in [-0.4, -0.2) is 11.8 Å². The topological polar surface area (TPSA) is 37.4 Å². The van der Waals surface area contributed by atoms with Gasteiger partial charge in [0.15, 0.2) is 0 Å². The van der Waals surface area contributed by atoms with E-state index >= 15 is 0 Å². The monoisotopic (exact) mass is 453 g/mol. The summed E-state index contributed by atoms with van der Waals surface area (Å²) in [6.45, 7) is 0. The predicted molar refractivity (Wildman–Crippen MR) is 138 cm³/mol. The fourth-order valence-electron chi connectivity index (χ4n) is 6.45. The molecule has 2 amide bonds. The Kier molecular flexibility index (Phi) is 4.40. The Hall–Kier alpha value is -4.24. The third-order valence-electron chi connectivity index (χ3n) is 7.84. The smallest absolute Gasteiger partial charge is 0.238 e. The van der Waals surface area contributed by atoms with Gasteiger partial charge in [-0.3, -0.25) is 9.59 Å². The number of amides is 2. The Morgan fingerprint density at radius 1 is 0.571 bits per heavy atom. The average molecular weight is 454 g/mol. The van der Waals surface area contributed by atoms with Crippen molar-refractivity contribution in [2.24, 2.45) is 23.7 Å². The Morgan fingerprint density at radius 3 is 1.69 bits per heavy atom. The SMILES string of the molecule is O=C1C2C3C=CC(C3=C(c3ccccc3)c3ccccc3)C2C(=O)N1c1cccc2ccccc12. The second kappa shape index (κ2) is 7.64. The van der Waals surface area contributed by atoms with E-state index in [9.17, 15) is 9.59 Å². The van der Waals surface area contributed by atoms with Gasteiger partial charge in [0.25, 0.3) is 0 Å². The molecule has 4 atom stereocenters. The molecule has 2 fully saturated rings. The molecule has 35 heavy (non-hydrogen) atoms. The van der Waals surface area contributed by atoms with Crippen LogP contribution in [0.4, 0.5) is 5.69 Å². The Bertz CT molecular complexity index is 1470. The first-order valence-corrected chi connectivity index (χ1v) is 12.1. The van der Waals surface area contributed by atoms with Gasteiger partial charge < -0.3 is 0 Å². The van der Waals surface area contributed by atoms with Crippen molar-refractivity contribution in [2.45, 2.75) is 0 Å². The molecule has 1 heterocycles. The summed E-state index contributed by atoms with van der Waals surface area (Å²) in [7, 11) is 0. The summed E-state index contributed by atoms with van der Waals surface area (Å²) in [4.78, 5) is 29.3. The average Bonchev–Trinajstić information content (AvgIpc) is 3.54. The zero-order chi connectivity index (χ0) is 23.5. The third-order valence-corrected chi connectivity index (χ3v) is 7.84. The van der Waals surface area contributed by atoms with Crippen molar-refractivity contribution in [1.29, 1.82) is 0 Å². The molecule has 3 aliphatic rings. The quantitative estimate of drug-likeness (QED) is 0.271. The number of hydrogen-bond donors (Lipinski definition) is 0. The lowest BCUT2D eigenvalue weighted by Gasteiger charge is -2.22. The lowest BCUT2D eigenvalue weighted by atomic mass is 9.85. The van der Waals surface area contributed by atoms with E-state index < -0.39 is 0 Å². The normalized spacial score (nSPS) is 24.5. The summed E-state index contributed by atoms with van der Waals surface area (Å²) >= 11 is 0. The largest absolute Gasteiger partial charge is 0.274 e. The van der Waals surface area contributed by atoms with Crippen LogP contribution in [0.1, 0.15) is 11.1 Å². The molecular weight excluding hydrogens is 430 g/mol. The van der Waals surface area contributed by atoms with Crippen LogP contribution >= 0.6 is 0 Å². The van der Waals surface area contributed by atoms with Crippen molar-refractivity contribution >= 4 is 33.8 Å². The first-order chi connectivity index (χ1) is 17.2. The number of hydrogen-bond acceptors (Lipinski definition) is 2. The van der Waals surface area contributed by atoms with E-state index in [1.165, 1.54) is 10.5 Å². The second-order valence-corrected chi connectivity index (χ2v) is 9.56. The van der Waals surface area contributed by atoms with Gasteiger partial charge in [-0.1, -0.05) is 109 Å². The summed E-state index contributed by atoms with van der Waals surface area (Å²) in [6, 6.07) is 34.5. The van der Waals surface area contributed by atoms with Crippen molar-refractivity contribution in [2.75, 3.05) is 4.90 Å². The molecule has 1 aliphatic heterocycles. The molecule has 3 nitrogen and oxygen atoms in total. The molecule has 1 saturated heterocycles. The van der Waals surface area contributed by atoms with Crippen molar-refractivity contribution in [1.82, 2.24) is 0 Å². The number of benzene rings is 4. The Balaban J connectivity index is 1.38. The minimum atomic E-state index is -0.353. The van der Waals surface area contributed by atoms with Gasteiger partial charge in [0, 0.05) is 17.2 Å². The standard InChI is InChI=1S/C32H23NO2/c34-31-29-24-18-19-25(28(24)27(21-11-3-1-4-12-21)22-13-5-2-6-14-22)30(29)32(35)33(31)26-17-9-15-20-10-7-8-16-23(20)26/h1-19,24-25,29-30H. The van der Waals surface area contributed by atoms with Gasteiger partial charge in [-0.25, -0.2) is 4.90 Å². The van der Waals surface area contributed by atoms with E-state index in [0.717, 1.165) is 27.5 Å². The molecule has 1 saturated carbocycles. The van der Waals surface area contributed by atoms with Gasteiger partial charge in [0.1, 0.15) is 0 Å². The van der Waals surface area contributed by atoms with Gasteiger partial charge in [0.2, 0.25) is 11.8 Å². The molecule has 4 unspecified atom stereocenters. The maximum atomic E-state index is 13.9. The maximum absolute atomic E-state index is 13.9. The number of nitrogens with zero attached hydrogens (tertiary/aromatic N) is 1. The van der Waals surface area contributed by atoms with Gasteiger partial charge in [-0.05, 0) is 33.7 Å². The molecular formula is C32H23NO2. The van der Waals surface area contributed by atoms with Crippen LogP contribution in [0.2, 0.25) is 0 Å². The highest BCUT2D eigenvalue weighted by molar-refractivity contribution is 6.26. The molecule has 4 aromatic carbocycles. The van der Waals surface area contributed by atoms with E-state index in [4.69, 9.17) is 0 Å². The van der Waals surface area contributed by atoms with E-state index in [0.29, 0.717) is 5.69 Å². The number of fused-ring (bicyclic) bond motifs is 6. The highest BCUT2D eigenvalue weighted by atomic mass is 16.2. The summed E-state index contributed by atoms with van der Waals surface area (Å²) in [5.41, 5.74) is 5.30. The van der Waals surface area contributed by atoms with Crippen LogP contribution in [-0.2, 0) is 9.59 Å². The van der Waals surface area contributed by atoms with Crippen LogP contribution < -0.4 is 4.90 Å². The molecule has 0 spiro atoms. The number of imide groups is 1. The van der Waals surface area contributed by atoms with Crippen LogP contribution in [0, 0.1) is 23.7 Å². The summed E-state index contributed by atoms with van der Waals surface area (Å²) < 4.78 is 0. The van der Waals surface area contributed by atoms with Gasteiger partial charge in [-0.15, -0.1) is 0 Å². The third kappa shape index (κ3) is 2.85. The molecule has 0 N–H and O–H groups in total. The molecule has 168 valence electrons. The molecule has 0 aromatic heterocycles. The van der Waals surface area contributed by atoms with E-state index in [2.05, 4.69) is 36.4 Å². The highest BCUT2D eigenvalue weighted by Crippen LogP contribution is 2.59. The zero-order valence-electron chi connectivity index (χ0n) is 19.0. The van der Waals surface area contributed by atoms with E-state index in [1.807, 2.05) is 78.9 Å². The zero-order valence-corrected chi connectivity index (χ0v) is 19.0. The van der Waals surface area contributed by atoms with Crippen LogP contribution in [0.25, 0.3) is 16.3 Å². The summed E-state index contributed by atoms with van der Waals surface area (Å²) in [5.74, 6) is -1.01. The first-order valence-electron chi connectivity index (χ1n) is 12.1. The number of carbonyl (C=O) groups excluding carboxylic acids is 2. The minimum Gasteiger partial charge on any atom is -0.274 e. The van der Waals surface area contributed by atoms with Crippen molar-refractivity contribution in [3.8, 4) is 0 Å². The molecule has 7 rings (SSSR count). The van der Waals surface area contributed by atoms with E-state index in [1.54, 1.807) is 0 Å². The lowest BCUT2D eigenvalue weighted by molar-refractivity contribution is -0.122.